The minimum atomic E-state index is -1.52. The molecule has 2 aromatic heterocycles. The van der Waals surface area contributed by atoms with Crippen LogP contribution in [-0.4, -0.2) is 48.6 Å². The monoisotopic (exact) mass is 557 g/mol. The summed E-state index contributed by atoms with van der Waals surface area (Å²) in [6.45, 7) is 16.1. The van der Waals surface area contributed by atoms with Gasteiger partial charge >= 0.3 is 12.2 Å². The van der Waals surface area contributed by atoms with Crippen LogP contribution in [0.25, 0.3) is 21.8 Å². The predicted molar refractivity (Wildman–Crippen MR) is 158 cm³/mol. The smallest absolute Gasteiger partial charge is 0.419 e. The van der Waals surface area contributed by atoms with E-state index in [0.717, 1.165) is 10.8 Å². The van der Waals surface area contributed by atoms with Crippen LogP contribution >= 0.6 is 0 Å². The van der Waals surface area contributed by atoms with E-state index in [1.165, 1.54) is 0 Å². The number of fused-ring (bicyclic) bond motifs is 10. The van der Waals surface area contributed by atoms with Gasteiger partial charge in [0.2, 0.25) is 0 Å². The molecule has 0 fully saturated rings. The molecule has 8 nitrogen and oxygen atoms in total. The van der Waals surface area contributed by atoms with Crippen LogP contribution in [0.5, 0.6) is 0 Å². The Hall–Kier alpha value is -3.62. The van der Waals surface area contributed by atoms with Crippen molar-refractivity contribution in [3.8, 4) is 0 Å². The normalized spacial score (nSPS) is 22.1. The Kier molecular flexibility index (Phi) is 6.00. The second-order valence-electron chi connectivity index (χ2n) is 13.7. The van der Waals surface area contributed by atoms with E-state index in [2.05, 4.69) is 18.7 Å². The van der Waals surface area contributed by atoms with Crippen LogP contribution in [0, 0.1) is 5.92 Å². The van der Waals surface area contributed by atoms with E-state index >= 15 is 0 Å². The molecule has 2 aliphatic rings. The van der Waals surface area contributed by atoms with Crippen molar-refractivity contribution in [2.24, 2.45) is 5.92 Å². The van der Waals surface area contributed by atoms with Gasteiger partial charge in [-0.1, -0.05) is 50.2 Å². The third-order valence-electron chi connectivity index (χ3n) is 8.02. The highest BCUT2D eigenvalue weighted by Gasteiger charge is 2.57. The highest BCUT2D eigenvalue weighted by atomic mass is 16.6. The fourth-order valence-electron chi connectivity index (χ4n) is 6.99. The van der Waals surface area contributed by atoms with Gasteiger partial charge in [0.05, 0.1) is 28.5 Å². The van der Waals surface area contributed by atoms with Crippen LogP contribution in [0.1, 0.15) is 77.9 Å². The number of para-hydroxylation sites is 2. The lowest BCUT2D eigenvalue weighted by Crippen LogP contribution is -2.60. The molecule has 0 unspecified atom stereocenters. The van der Waals surface area contributed by atoms with Crippen LogP contribution in [-0.2, 0) is 28.2 Å². The summed E-state index contributed by atoms with van der Waals surface area (Å²) in [4.78, 5) is 29.6. The van der Waals surface area contributed by atoms with Gasteiger partial charge in [0.25, 0.3) is 0 Å². The second kappa shape index (κ2) is 8.94. The number of aromatic nitrogens is 2. The molecule has 4 aromatic rings. The van der Waals surface area contributed by atoms with Gasteiger partial charge in [0.1, 0.15) is 16.8 Å². The number of carbonyl (C=O) groups is 2. The lowest BCUT2D eigenvalue weighted by atomic mass is 9.68. The zero-order chi connectivity index (χ0) is 29.6. The Morgan fingerprint density at radius 3 is 1.54 bits per heavy atom. The van der Waals surface area contributed by atoms with Crippen molar-refractivity contribution in [2.45, 2.75) is 91.3 Å². The van der Waals surface area contributed by atoms with Crippen LogP contribution in [0.2, 0.25) is 0 Å². The van der Waals surface area contributed by atoms with Crippen molar-refractivity contribution in [1.82, 2.24) is 14.0 Å². The van der Waals surface area contributed by atoms with Crippen LogP contribution in [0.15, 0.2) is 48.5 Å². The zero-order valence-corrected chi connectivity index (χ0v) is 25.1. The summed E-state index contributed by atoms with van der Waals surface area (Å²) in [7, 11) is 0. The predicted octanol–water partition coefficient (Wildman–Crippen LogP) is 6.75. The van der Waals surface area contributed by atoms with Gasteiger partial charge in [-0.3, -0.25) is 4.90 Å². The molecule has 4 heterocycles. The first-order valence-electron chi connectivity index (χ1n) is 14.3. The molecule has 2 aliphatic heterocycles. The van der Waals surface area contributed by atoms with Gasteiger partial charge in [-0.25, -0.2) is 18.7 Å². The topological polar surface area (TPSA) is 85.9 Å². The summed E-state index contributed by atoms with van der Waals surface area (Å²) in [5, 5.41) is 14.9. The van der Waals surface area contributed by atoms with Crippen LogP contribution in [0.3, 0.4) is 0 Å². The molecular weight excluding hydrogens is 518 g/mol. The van der Waals surface area contributed by atoms with E-state index in [9.17, 15) is 14.7 Å². The maximum Gasteiger partial charge on any atom is 0.419 e. The molecule has 41 heavy (non-hydrogen) atoms. The van der Waals surface area contributed by atoms with Gasteiger partial charge in [0, 0.05) is 35.0 Å². The molecule has 0 saturated carbocycles. The van der Waals surface area contributed by atoms with E-state index in [0.29, 0.717) is 46.6 Å². The number of rotatable bonds is 1. The van der Waals surface area contributed by atoms with Gasteiger partial charge < -0.3 is 14.6 Å². The van der Waals surface area contributed by atoms with E-state index in [1.54, 1.807) is 9.13 Å². The van der Waals surface area contributed by atoms with Gasteiger partial charge in [-0.2, -0.15) is 0 Å². The van der Waals surface area contributed by atoms with Crippen LogP contribution in [0.4, 0.5) is 9.59 Å². The number of carbonyl (C=O) groups excluding carboxylic acids is 2. The van der Waals surface area contributed by atoms with Crippen molar-refractivity contribution in [3.05, 3.63) is 71.0 Å². The van der Waals surface area contributed by atoms with Crippen molar-refractivity contribution in [3.63, 3.8) is 0 Å². The number of nitrogens with zero attached hydrogens (tertiary/aromatic N) is 3. The standard InChI is InChI=1S/C33H39N3O5/c1-19(2)28-33(39)26-20-13-9-11-15-22(20)35(29(37)40-31(3,4)5)24(26)17-34(28)18-25-27(33)21-14-10-12-16-23(21)36(25)30(38)41-32(6,7)8/h9-16,19,28,39H,17-18H2,1-8H3/t28-/m0/s1. The average molecular weight is 558 g/mol. The number of hydrogen-bond acceptors (Lipinski definition) is 6. The Balaban J connectivity index is 1.71. The van der Waals surface area contributed by atoms with Crippen molar-refractivity contribution in [1.29, 1.82) is 0 Å². The van der Waals surface area contributed by atoms with Crippen molar-refractivity contribution < 1.29 is 24.2 Å². The quantitative estimate of drug-likeness (QED) is 0.279. The molecule has 8 heteroatoms. The SMILES string of the molecule is CC(C)[C@@H]1N2Cc3c(c4ccccc4n3C(=O)OC(C)(C)C)C1(O)c1c(n(C(=O)OC(C)(C)C)c3ccccc13)C2. The maximum absolute atomic E-state index is 13.7. The fourth-order valence-corrected chi connectivity index (χ4v) is 6.99. The molecule has 6 rings (SSSR count). The van der Waals surface area contributed by atoms with E-state index in [-0.39, 0.29) is 12.0 Å². The first-order valence-corrected chi connectivity index (χ1v) is 14.3. The fraction of sp³-hybridized carbons (Fsp3) is 0.455. The summed E-state index contributed by atoms with van der Waals surface area (Å²) >= 11 is 0. The van der Waals surface area contributed by atoms with E-state index in [4.69, 9.17) is 9.47 Å². The van der Waals surface area contributed by atoms with Gasteiger partial charge in [-0.15, -0.1) is 0 Å². The van der Waals surface area contributed by atoms with Gasteiger partial charge in [-0.05, 0) is 59.6 Å². The lowest BCUT2D eigenvalue weighted by Gasteiger charge is -2.52. The minimum absolute atomic E-state index is 0.0635. The average Bonchev–Trinajstić information content (AvgIpc) is 3.34. The Labute approximate surface area is 240 Å². The molecule has 0 aliphatic carbocycles. The van der Waals surface area contributed by atoms with E-state index in [1.807, 2.05) is 90.1 Å². The first-order chi connectivity index (χ1) is 19.1. The highest BCUT2D eigenvalue weighted by molar-refractivity contribution is 5.99. The molecule has 2 aromatic carbocycles. The van der Waals surface area contributed by atoms with E-state index < -0.39 is 29.0 Å². The molecule has 2 bridgehead atoms. The van der Waals surface area contributed by atoms with Crippen LogP contribution < -0.4 is 0 Å². The maximum atomic E-state index is 13.7. The third kappa shape index (κ3) is 4.10. The third-order valence-corrected chi connectivity index (χ3v) is 8.02. The lowest BCUT2D eigenvalue weighted by molar-refractivity contribution is -0.0758. The summed E-state index contributed by atoms with van der Waals surface area (Å²) in [5.74, 6) is 0.0635. The van der Waals surface area contributed by atoms with Crippen molar-refractivity contribution in [2.75, 3.05) is 0 Å². The minimum Gasteiger partial charge on any atom is -0.443 e. The molecule has 1 atom stereocenters. The summed E-state index contributed by atoms with van der Waals surface area (Å²) < 4.78 is 15.0. The highest BCUT2D eigenvalue weighted by Crippen LogP contribution is 2.55. The Bertz CT molecular complexity index is 1600. The molecular formula is C33H39N3O5. The second-order valence-corrected chi connectivity index (χ2v) is 13.7. The number of aliphatic hydroxyl groups is 1. The first kappa shape index (κ1) is 27.5. The summed E-state index contributed by atoms with van der Waals surface area (Å²) in [5.41, 5.74) is 1.29. The van der Waals surface area contributed by atoms with Crippen molar-refractivity contribution >= 4 is 34.0 Å². The number of hydrogen-bond donors (Lipinski definition) is 1. The molecule has 0 saturated heterocycles. The number of benzene rings is 2. The largest absolute Gasteiger partial charge is 0.443 e. The Morgan fingerprint density at radius 1 is 0.780 bits per heavy atom. The number of ether oxygens (including phenoxy) is 2. The zero-order valence-electron chi connectivity index (χ0n) is 25.1. The van der Waals surface area contributed by atoms with Gasteiger partial charge in [0.15, 0.2) is 0 Å². The molecule has 1 N–H and O–H groups in total. The Morgan fingerprint density at radius 2 is 1.17 bits per heavy atom. The molecule has 0 amide bonds. The summed E-state index contributed by atoms with van der Waals surface area (Å²) in [6.07, 6.45) is -0.950. The molecule has 0 radical (unpaired) electrons. The molecule has 0 spiro atoms. The molecule has 216 valence electrons. The summed E-state index contributed by atoms with van der Waals surface area (Å²) in [6, 6.07) is 15.1.